The number of H-pyrrole nitrogens is 1. The monoisotopic (exact) mass is 380 g/mol. The van der Waals surface area contributed by atoms with Crippen molar-refractivity contribution in [2.24, 2.45) is 0 Å². The first-order chi connectivity index (χ1) is 13.8. The SMILES string of the molecule is O=C(COc1ccccc1N1CCOCC1)NCCc1nc2ccccc2[nH]1. The number of nitrogens with zero attached hydrogens (tertiary/aromatic N) is 2. The van der Waals surface area contributed by atoms with Crippen LogP contribution in [0.3, 0.4) is 0 Å². The number of nitrogens with one attached hydrogen (secondary N) is 2. The second-order valence-corrected chi connectivity index (χ2v) is 6.66. The van der Waals surface area contributed by atoms with Crippen molar-refractivity contribution in [2.75, 3.05) is 44.4 Å². The minimum absolute atomic E-state index is 0.0124. The van der Waals surface area contributed by atoms with Gasteiger partial charge >= 0.3 is 0 Å². The molecule has 0 radical (unpaired) electrons. The van der Waals surface area contributed by atoms with E-state index >= 15 is 0 Å². The van der Waals surface area contributed by atoms with E-state index in [0.717, 1.165) is 41.4 Å². The lowest BCUT2D eigenvalue weighted by Crippen LogP contribution is -2.36. The quantitative estimate of drug-likeness (QED) is 0.657. The summed E-state index contributed by atoms with van der Waals surface area (Å²) in [5.41, 5.74) is 2.94. The van der Waals surface area contributed by atoms with Crippen LogP contribution in [0.2, 0.25) is 0 Å². The lowest BCUT2D eigenvalue weighted by molar-refractivity contribution is -0.123. The van der Waals surface area contributed by atoms with Crippen LogP contribution in [0, 0.1) is 0 Å². The number of benzene rings is 2. The van der Waals surface area contributed by atoms with E-state index in [1.54, 1.807) is 0 Å². The van der Waals surface area contributed by atoms with Gasteiger partial charge in [0.1, 0.15) is 11.6 Å². The van der Waals surface area contributed by atoms with E-state index in [-0.39, 0.29) is 12.5 Å². The summed E-state index contributed by atoms with van der Waals surface area (Å²) in [7, 11) is 0. The Balaban J connectivity index is 1.26. The van der Waals surface area contributed by atoms with Gasteiger partial charge in [-0.15, -0.1) is 0 Å². The lowest BCUT2D eigenvalue weighted by atomic mass is 10.2. The number of imidazole rings is 1. The summed E-state index contributed by atoms with van der Waals surface area (Å²) < 4.78 is 11.2. The van der Waals surface area contributed by atoms with E-state index < -0.39 is 0 Å². The Bertz CT molecular complexity index is 901. The van der Waals surface area contributed by atoms with Gasteiger partial charge in [-0.2, -0.15) is 0 Å². The first kappa shape index (κ1) is 18.3. The number of hydrogen-bond donors (Lipinski definition) is 2. The zero-order chi connectivity index (χ0) is 19.2. The first-order valence-electron chi connectivity index (χ1n) is 9.54. The van der Waals surface area contributed by atoms with Crippen LogP contribution in [-0.4, -0.2) is 55.3 Å². The molecule has 1 fully saturated rings. The molecule has 28 heavy (non-hydrogen) atoms. The number of aromatic nitrogens is 2. The molecule has 1 aliphatic rings. The maximum absolute atomic E-state index is 12.2. The Morgan fingerprint density at radius 2 is 1.93 bits per heavy atom. The molecule has 1 aliphatic heterocycles. The Morgan fingerprint density at radius 3 is 2.79 bits per heavy atom. The molecule has 1 amide bonds. The van der Waals surface area contributed by atoms with E-state index in [9.17, 15) is 4.79 Å². The number of ether oxygens (including phenoxy) is 2. The number of carbonyl (C=O) groups is 1. The summed E-state index contributed by atoms with van der Waals surface area (Å²) in [6, 6.07) is 15.7. The van der Waals surface area contributed by atoms with Gasteiger partial charge in [0.05, 0.1) is 29.9 Å². The van der Waals surface area contributed by atoms with Gasteiger partial charge in [0.2, 0.25) is 0 Å². The van der Waals surface area contributed by atoms with Crippen molar-refractivity contribution in [3.05, 3.63) is 54.4 Å². The highest BCUT2D eigenvalue weighted by Gasteiger charge is 2.16. The molecular weight excluding hydrogens is 356 g/mol. The van der Waals surface area contributed by atoms with Gasteiger partial charge in [-0.3, -0.25) is 4.79 Å². The number of amides is 1. The molecule has 0 atom stereocenters. The largest absolute Gasteiger partial charge is 0.482 e. The zero-order valence-electron chi connectivity index (χ0n) is 15.7. The van der Waals surface area contributed by atoms with Crippen molar-refractivity contribution in [3.63, 3.8) is 0 Å². The van der Waals surface area contributed by atoms with Crippen LogP contribution in [0.1, 0.15) is 5.82 Å². The molecule has 7 heteroatoms. The number of fused-ring (bicyclic) bond motifs is 1. The standard InChI is InChI=1S/C21H24N4O3/c26-21(22-10-9-20-23-16-5-1-2-6-17(16)24-20)15-28-19-8-4-3-7-18(19)25-11-13-27-14-12-25/h1-8H,9-15H2,(H,22,26)(H,23,24). The number of anilines is 1. The molecule has 0 unspecified atom stereocenters. The summed E-state index contributed by atoms with van der Waals surface area (Å²) in [4.78, 5) is 22.2. The van der Waals surface area contributed by atoms with E-state index in [0.29, 0.717) is 26.2 Å². The molecule has 1 saturated heterocycles. The van der Waals surface area contributed by atoms with Crippen LogP contribution >= 0.6 is 0 Å². The Labute approximate surface area is 163 Å². The second kappa shape index (κ2) is 8.75. The molecule has 0 bridgehead atoms. The van der Waals surface area contributed by atoms with Gasteiger partial charge in [0.25, 0.3) is 5.91 Å². The minimum atomic E-state index is -0.145. The van der Waals surface area contributed by atoms with Gasteiger partial charge < -0.3 is 24.7 Å². The average molecular weight is 380 g/mol. The van der Waals surface area contributed by atoms with E-state index in [4.69, 9.17) is 9.47 Å². The molecule has 2 N–H and O–H groups in total. The third kappa shape index (κ3) is 4.43. The molecule has 1 aromatic heterocycles. The summed E-state index contributed by atoms with van der Waals surface area (Å²) in [6.07, 6.45) is 0.644. The number of rotatable bonds is 7. The van der Waals surface area contributed by atoms with E-state index in [1.165, 1.54) is 0 Å². The summed E-state index contributed by atoms with van der Waals surface area (Å²) in [6.45, 7) is 3.55. The number of aromatic amines is 1. The molecule has 0 spiro atoms. The molecule has 2 heterocycles. The van der Waals surface area contributed by atoms with Crippen LogP contribution in [0.4, 0.5) is 5.69 Å². The second-order valence-electron chi connectivity index (χ2n) is 6.66. The highest BCUT2D eigenvalue weighted by atomic mass is 16.5. The fourth-order valence-electron chi connectivity index (χ4n) is 3.28. The van der Waals surface area contributed by atoms with Gasteiger partial charge in [0, 0.05) is 26.1 Å². The number of morpholine rings is 1. The topological polar surface area (TPSA) is 79.5 Å². The molecule has 0 aliphatic carbocycles. The van der Waals surface area contributed by atoms with Crippen molar-refractivity contribution >= 4 is 22.6 Å². The maximum atomic E-state index is 12.2. The average Bonchev–Trinajstić information content (AvgIpc) is 3.16. The predicted molar refractivity (Wildman–Crippen MR) is 108 cm³/mol. The fourth-order valence-corrected chi connectivity index (χ4v) is 3.28. The van der Waals surface area contributed by atoms with Crippen molar-refractivity contribution < 1.29 is 14.3 Å². The van der Waals surface area contributed by atoms with Crippen molar-refractivity contribution in [1.82, 2.24) is 15.3 Å². The molecule has 146 valence electrons. The summed E-state index contributed by atoms with van der Waals surface area (Å²) in [5.74, 6) is 1.44. The third-order valence-electron chi connectivity index (χ3n) is 4.70. The molecule has 0 saturated carbocycles. The summed E-state index contributed by atoms with van der Waals surface area (Å²) >= 11 is 0. The first-order valence-corrected chi connectivity index (χ1v) is 9.54. The van der Waals surface area contributed by atoms with Crippen LogP contribution in [-0.2, 0) is 16.0 Å². The van der Waals surface area contributed by atoms with Crippen LogP contribution < -0.4 is 15.0 Å². The molecule has 7 nitrogen and oxygen atoms in total. The number of carbonyl (C=O) groups excluding carboxylic acids is 1. The Morgan fingerprint density at radius 1 is 1.14 bits per heavy atom. The van der Waals surface area contributed by atoms with Crippen LogP contribution in [0.25, 0.3) is 11.0 Å². The minimum Gasteiger partial charge on any atom is -0.482 e. The highest BCUT2D eigenvalue weighted by molar-refractivity contribution is 5.78. The van der Waals surface area contributed by atoms with Crippen LogP contribution in [0.15, 0.2) is 48.5 Å². The molecule has 3 aromatic rings. The maximum Gasteiger partial charge on any atom is 0.257 e. The zero-order valence-corrected chi connectivity index (χ0v) is 15.7. The van der Waals surface area contributed by atoms with Crippen LogP contribution in [0.5, 0.6) is 5.75 Å². The van der Waals surface area contributed by atoms with Crippen molar-refractivity contribution in [3.8, 4) is 5.75 Å². The van der Waals surface area contributed by atoms with E-state index in [1.807, 2.05) is 48.5 Å². The van der Waals surface area contributed by atoms with Crippen molar-refractivity contribution in [2.45, 2.75) is 6.42 Å². The fraction of sp³-hybridized carbons (Fsp3) is 0.333. The van der Waals surface area contributed by atoms with Gasteiger partial charge in [-0.05, 0) is 24.3 Å². The van der Waals surface area contributed by atoms with Crippen molar-refractivity contribution in [1.29, 1.82) is 0 Å². The smallest absolute Gasteiger partial charge is 0.257 e. The van der Waals surface area contributed by atoms with Gasteiger partial charge in [-0.25, -0.2) is 4.98 Å². The van der Waals surface area contributed by atoms with E-state index in [2.05, 4.69) is 20.2 Å². The normalized spacial score (nSPS) is 14.2. The predicted octanol–water partition coefficient (Wildman–Crippen LogP) is 2.14. The Hall–Kier alpha value is -3.06. The molecule has 4 rings (SSSR count). The lowest BCUT2D eigenvalue weighted by Gasteiger charge is -2.30. The highest BCUT2D eigenvalue weighted by Crippen LogP contribution is 2.28. The van der Waals surface area contributed by atoms with Gasteiger partial charge in [0.15, 0.2) is 6.61 Å². The number of hydrogen-bond acceptors (Lipinski definition) is 5. The van der Waals surface area contributed by atoms with Gasteiger partial charge in [-0.1, -0.05) is 24.3 Å². The summed E-state index contributed by atoms with van der Waals surface area (Å²) in [5, 5.41) is 2.89. The number of para-hydroxylation sites is 4. The molecular formula is C21H24N4O3. The molecule has 2 aromatic carbocycles. The third-order valence-corrected chi connectivity index (χ3v) is 4.70. The Kier molecular flexibility index (Phi) is 5.72.